The molecule has 1 fully saturated rings. The molecule has 1 heterocycles. The largest absolute Gasteiger partial charge is 0.354 e. The van der Waals surface area contributed by atoms with Crippen LogP contribution in [0.4, 0.5) is 0 Å². The molecule has 0 aliphatic carbocycles. The van der Waals surface area contributed by atoms with Crippen LogP contribution in [-0.4, -0.2) is 40.2 Å². The van der Waals surface area contributed by atoms with Crippen molar-refractivity contribution in [2.45, 2.75) is 16.9 Å². The molecular formula is C14H19NOS3. The van der Waals surface area contributed by atoms with E-state index in [4.69, 9.17) is 0 Å². The molecule has 19 heavy (non-hydrogen) atoms. The first-order chi connectivity index (χ1) is 9.25. The lowest BCUT2D eigenvalue weighted by Gasteiger charge is -2.22. The molecule has 1 aromatic carbocycles. The highest BCUT2D eigenvalue weighted by Gasteiger charge is 2.18. The van der Waals surface area contributed by atoms with Gasteiger partial charge in [0.1, 0.15) is 0 Å². The minimum atomic E-state index is -0.261. The highest BCUT2D eigenvalue weighted by molar-refractivity contribution is 8.06. The first-order valence-corrected chi connectivity index (χ1v) is 9.17. The smallest absolute Gasteiger partial charge is 0.233 e. The maximum Gasteiger partial charge on any atom is 0.233 e. The van der Waals surface area contributed by atoms with Gasteiger partial charge < -0.3 is 5.32 Å². The monoisotopic (exact) mass is 313 g/mol. The Morgan fingerprint density at radius 1 is 1.37 bits per heavy atom. The van der Waals surface area contributed by atoms with E-state index in [1.165, 1.54) is 11.5 Å². The van der Waals surface area contributed by atoms with Crippen molar-refractivity contribution in [3.8, 4) is 0 Å². The van der Waals surface area contributed by atoms with Gasteiger partial charge in [-0.1, -0.05) is 30.3 Å². The number of nitrogens with one attached hydrogen (secondary N) is 1. The van der Waals surface area contributed by atoms with Crippen LogP contribution in [0.2, 0.25) is 0 Å². The average molecular weight is 314 g/mol. The molecule has 1 N–H and O–H groups in total. The standard InChI is InChI=1S/C14H19NOS3/c16-14(15-9-12-10-18-6-7-19-12)13(17)8-11-4-2-1-3-5-11/h1-5,12-13,17H,6-10H2,(H,15,16). The summed E-state index contributed by atoms with van der Waals surface area (Å²) in [6.07, 6.45) is 0.683. The summed E-state index contributed by atoms with van der Waals surface area (Å²) >= 11 is 8.35. The predicted octanol–water partition coefficient (Wildman–Crippen LogP) is 2.49. The third-order valence-electron chi connectivity index (χ3n) is 2.96. The van der Waals surface area contributed by atoms with Crippen LogP contribution < -0.4 is 5.32 Å². The third-order valence-corrected chi connectivity index (χ3v) is 6.23. The van der Waals surface area contributed by atoms with E-state index >= 15 is 0 Å². The Bertz CT molecular complexity index is 393. The van der Waals surface area contributed by atoms with Crippen molar-refractivity contribution in [1.29, 1.82) is 0 Å². The Kier molecular flexibility index (Phi) is 6.47. The zero-order valence-corrected chi connectivity index (χ0v) is 13.3. The number of benzene rings is 1. The van der Waals surface area contributed by atoms with E-state index in [-0.39, 0.29) is 11.2 Å². The molecule has 2 rings (SSSR count). The molecular weight excluding hydrogens is 294 g/mol. The number of thioether (sulfide) groups is 2. The Morgan fingerprint density at radius 3 is 2.84 bits per heavy atom. The van der Waals surface area contributed by atoms with Crippen molar-refractivity contribution in [1.82, 2.24) is 5.32 Å². The number of thiol groups is 1. The van der Waals surface area contributed by atoms with Crippen LogP contribution in [0.15, 0.2) is 30.3 Å². The van der Waals surface area contributed by atoms with Crippen LogP contribution in [0.1, 0.15) is 5.56 Å². The summed E-state index contributed by atoms with van der Waals surface area (Å²) in [6, 6.07) is 10.0. The van der Waals surface area contributed by atoms with E-state index in [0.717, 1.165) is 17.9 Å². The van der Waals surface area contributed by atoms with E-state index in [1.54, 1.807) is 0 Å². The number of hydrogen-bond acceptors (Lipinski definition) is 4. The quantitative estimate of drug-likeness (QED) is 0.819. The van der Waals surface area contributed by atoms with Crippen molar-refractivity contribution in [3.63, 3.8) is 0 Å². The first-order valence-electron chi connectivity index (χ1n) is 6.45. The fourth-order valence-electron chi connectivity index (χ4n) is 1.92. The van der Waals surface area contributed by atoms with E-state index in [1.807, 2.05) is 53.9 Å². The number of amides is 1. The molecule has 1 aromatic rings. The molecule has 104 valence electrons. The molecule has 0 spiro atoms. The summed E-state index contributed by atoms with van der Waals surface area (Å²) in [5, 5.41) is 3.32. The molecule has 1 aliphatic rings. The van der Waals surface area contributed by atoms with Crippen LogP contribution >= 0.6 is 36.2 Å². The topological polar surface area (TPSA) is 29.1 Å². The summed E-state index contributed by atoms with van der Waals surface area (Å²) in [5.74, 6) is 3.61. The predicted molar refractivity (Wildman–Crippen MR) is 89.5 cm³/mol. The second kappa shape index (κ2) is 8.12. The lowest BCUT2D eigenvalue weighted by atomic mass is 10.1. The lowest BCUT2D eigenvalue weighted by Crippen LogP contribution is -2.38. The molecule has 0 bridgehead atoms. The molecule has 1 aliphatic heterocycles. The summed E-state index contributed by atoms with van der Waals surface area (Å²) in [5.41, 5.74) is 1.15. The van der Waals surface area contributed by atoms with E-state index in [9.17, 15) is 4.79 Å². The molecule has 2 unspecified atom stereocenters. The fourth-order valence-corrected chi connectivity index (χ4v) is 4.83. The van der Waals surface area contributed by atoms with Gasteiger partial charge in [-0.25, -0.2) is 0 Å². The van der Waals surface area contributed by atoms with Crippen LogP contribution in [0.25, 0.3) is 0 Å². The maximum absolute atomic E-state index is 12.0. The zero-order chi connectivity index (χ0) is 13.5. The van der Waals surface area contributed by atoms with Crippen molar-refractivity contribution in [2.24, 2.45) is 0 Å². The van der Waals surface area contributed by atoms with Crippen LogP contribution in [0.3, 0.4) is 0 Å². The van der Waals surface area contributed by atoms with Crippen LogP contribution in [0, 0.1) is 0 Å². The first kappa shape index (κ1) is 15.1. The average Bonchev–Trinajstić information content (AvgIpc) is 2.47. The van der Waals surface area contributed by atoms with Crippen LogP contribution in [-0.2, 0) is 11.2 Å². The van der Waals surface area contributed by atoms with Gasteiger partial charge in [0.2, 0.25) is 5.91 Å². The third kappa shape index (κ3) is 5.32. The van der Waals surface area contributed by atoms with E-state index < -0.39 is 0 Å². The summed E-state index contributed by atoms with van der Waals surface area (Å²) in [4.78, 5) is 12.0. The molecule has 1 saturated heterocycles. The molecule has 2 nitrogen and oxygen atoms in total. The van der Waals surface area contributed by atoms with Gasteiger partial charge in [0, 0.05) is 29.1 Å². The second-order valence-electron chi connectivity index (χ2n) is 4.52. The maximum atomic E-state index is 12.0. The Morgan fingerprint density at radius 2 is 2.16 bits per heavy atom. The molecule has 2 atom stereocenters. The van der Waals surface area contributed by atoms with Gasteiger partial charge in [-0.3, -0.25) is 4.79 Å². The highest BCUT2D eigenvalue weighted by atomic mass is 32.2. The van der Waals surface area contributed by atoms with Gasteiger partial charge in [-0.2, -0.15) is 36.2 Å². The molecule has 5 heteroatoms. The molecule has 0 radical (unpaired) electrons. The zero-order valence-electron chi connectivity index (χ0n) is 10.7. The van der Waals surface area contributed by atoms with Crippen molar-refractivity contribution < 1.29 is 4.79 Å². The SMILES string of the molecule is O=C(NCC1CSCCS1)C(S)Cc1ccccc1. The van der Waals surface area contributed by atoms with E-state index in [2.05, 4.69) is 17.9 Å². The van der Waals surface area contributed by atoms with Crippen molar-refractivity contribution >= 4 is 42.1 Å². The van der Waals surface area contributed by atoms with Crippen molar-refractivity contribution in [2.75, 3.05) is 23.8 Å². The van der Waals surface area contributed by atoms with Crippen molar-refractivity contribution in [3.05, 3.63) is 35.9 Å². The highest BCUT2D eigenvalue weighted by Crippen LogP contribution is 2.23. The fraction of sp³-hybridized carbons (Fsp3) is 0.500. The molecule has 1 amide bonds. The summed E-state index contributed by atoms with van der Waals surface area (Å²) in [7, 11) is 0. The number of hydrogen-bond donors (Lipinski definition) is 2. The van der Waals surface area contributed by atoms with Gasteiger partial charge >= 0.3 is 0 Å². The van der Waals surface area contributed by atoms with Gasteiger partial charge in [-0.05, 0) is 12.0 Å². The Labute approximate surface area is 128 Å². The summed E-state index contributed by atoms with van der Waals surface area (Å²) < 4.78 is 0. The van der Waals surface area contributed by atoms with Gasteiger partial charge in [0.25, 0.3) is 0 Å². The Hall–Kier alpha value is -0.260. The van der Waals surface area contributed by atoms with E-state index in [0.29, 0.717) is 11.7 Å². The number of carbonyl (C=O) groups is 1. The molecule has 0 saturated carbocycles. The Balaban J connectivity index is 1.73. The van der Waals surface area contributed by atoms with Gasteiger partial charge in [0.15, 0.2) is 0 Å². The summed E-state index contributed by atoms with van der Waals surface area (Å²) in [6.45, 7) is 0.766. The minimum absolute atomic E-state index is 0.0448. The van der Waals surface area contributed by atoms with Gasteiger partial charge in [0.05, 0.1) is 5.25 Å². The molecule has 0 aromatic heterocycles. The van der Waals surface area contributed by atoms with Crippen LogP contribution in [0.5, 0.6) is 0 Å². The number of carbonyl (C=O) groups excluding carboxylic acids is 1. The minimum Gasteiger partial charge on any atom is -0.354 e. The van der Waals surface area contributed by atoms with Gasteiger partial charge in [-0.15, -0.1) is 0 Å². The lowest BCUT2D eigenvalue weighted by molar-refractivity contribution is -0.120. The number of rotatable bonds is 5. The normalized spacial score (nSPS) is 20.8. The second-order valence-corrected chi connectivity index (χ2v) is 7.70.